The van der Waals surface area contributed by atoms with Crippen LogP contribution in [-0.2, 0) is 6.42 Å². The van der Waals surface area contributed by atoms with Crippen LogP contribution in [0.4, 0.5) is 0 Å². The van der Waals surface area contributed by atoms with Crippen molar-refractivity contribution in [2.24, 2.45) is 5.10 Å². The van der Waals surface area contributed by atoms with Crippen molar-refractivity contribution in [1.29, 1.82) is 0 Å². The number of aryl methyl sites for hydroxylation is 1. The number of fused-ring (bicyclic) bond motifs is 1. The fourth-order valence-electron chi connectivity index (χ4n) is 4.18. The zero-order valence-electron chi connectivity index (χ0n) is 18.5. The van der Waals surface area contributed by atoms with Gasteiger partial charge in [-0.25, -0.2) is 5.01 Å². The number of nitrogens with one attached hydrogen (secondary N) is 1. The van der Waals surface area contributed by atoms with Gasteiger partial charge in [0.15, 0.2) is 5.11 Å². The number of benzene rings is 3. The number of thiocarbonyl (C=S) groups is 1. The summed E-state index contributed by atoms with van der Waals surface area (Å²) >= 11 is 5.81. The quantitative estimate of drug-likeness (QED) is 0.422. The summed E-state index contributed by atoms with van der Waals surface area (Å²) in [5, 5.41) is 11.0. The lowest BCUT2D eigenvalue weighted by Crippen LogP contribution is -2.37. The molecule has 5 nitrogen and oxygen atoms in total. The van der Waals surface area contributed by atoms with Crippen LogP contribution in [0.3, 0.4) is 0 Å². The normalized spacial score (nSPS) is 15.5. The predicted molar refractivity (Wildman–Crippen MR) is 137 cm³/mol. The molecular weight excluding hydrogens is 426 g/mol. The van der Waals surface area contributed by atoms with Gasteiger partial charge in [-0.2, -0.15) is 5.10 Å². The van der Waals surface area contributed by atoms with Gasteiger partial charge < -0.3 is 5.32 Å². The summed E-state index contributed by atoms with van der Waals surface area (Å²) in [7, 11) is 0. The molecule has 33 heavy (non-hydrogen) atoms. The summed E-state index contributed by atoms with van der Waals surface area (Å²) in [5.41, 5.74) is 7.56. The molecule has 4 aromatic rings. The van der Waals surface area contributed by atoms with Gasteiger partial charge in [0.25, 0.3) is 0 Å². The summed E-state index contributed by atoms with van der Waals surface area (Å²) in [6.45, 7) is 2.86. The average Bonchev–Trinajstić information content (AvgIpc) is 3.30. The molecule has 0 radical (unpaired) electrons. The molecule has 0 saturated heterocycles. The van der Waals surface area contributed by atoms with Crippen LogP contribution < -0.4 is 5.32 Å². The van der Waals surface area contributed by atoms with E-state index in [1.54, 1.807) is 12.4 Å². The molecule has 2 heterocycles. The van der Waals surface area contributed by atoms with Crippen molar-refractivity contribution >= 4 is 34.1 Å². The fraction of sp³-hybridized carbons (Fsp3) is 0.185. The standard InChI is InChI=1S/C27H25N5S/c1-19-6-5-9-21(16-19)24-18-26(22-10-11-23-25(17-22)29-15-14-28-23)32(31-24)27(33)30-13-12-20-7-3-2-4-8-20/h2-11,14-17,26H,12-13,18H2,1H3,(H,30,33)/t26-/m1/s1. The van der Waals surface area contributed by atoms with Crippen LogP contribution in [0.1, 0.15) is 34.7 Å². The lowest BCUT2D eigenvalue weighted by molar-refractivity contribution is 0.364. The van der Waals surface area contributed by atoms with E-state index in [2.05, 4.69) is 82.9 Å². The summed E-state index contributed by atoms with van der Waals surface area (Å²) in [6, 6.07) is 25.1. The van der Waals surface area contributed by atoms with E-state index >= 15 is 0 Å². The molecule has 0 fully saturated rings. The molecule has 6 heteroatoms. The molecule has 5 rings (SSSR count). The van der Waals surface area contributed by atoms with Crippen molar-refractivity contribution in [3.8, 4) is 0 Å². The Morgan fingerprint density at radius 2 is 1.79 bits per heavy atom. The average molecular weight is 452 g/mol. The van der Waals surface area contributed by atoms with Gasteiger partial charge in [-0.1, -0.05) is 66.2 Å². The smallest absolute Gasteiger partial charge is 0.190 e. The molecular formula is C27H25N5S. The third-order valence-electron chi connectivity index (χ3n) is 5.88. The second-order valence-electron chi connectivity index (χ2n) is 8.25. The van der Waals surface area contributed by atoms with Crippen molar-refractivity contribution in [2.45, 2.75) is 25.8 Å². The van der Waals surface area contributed by atoms with Crippen molar-refractivity contribution in [3.63, 3.8) is 0 Å². The number of hydrogen-bond acceptors (Lipinski definition) is 4. The van der Waals surface area contributed by atoms with Crippen molar-refractivity contribution in [2.75, 3.05) is 6.54 Å². The van der Waals surface area contributed by atoms with Gasteiger partial charge in [0.2, 0.25) is 0 Å². The highest BCUT2D eigenvalue weighted by Crippen LogP contribution is 2.34. The second kappa shape index (κ2) is 9.46. The summed E-state index contributed by atoms with van der Waals surface area (Å²) < 4.78 is 0. The van der Waals surface area contributed by atoms with Crippen LogP contribution in [0, 0.1) is 6.92 Å². The van der Waals surface area contributed by atoms with E-state index in [9.17, 15) is 0 Å². The monoisotopic (exact) mass is 451 g/mol. The molecule has 164 valence electrons. The number of rotatable bonds is 5. The number of aromatic nitrogens is 2. The maximum Gasteiger partial charge on any atom is 0.190 e. The minimum Gasteiger partial charge on any atom is -0.361 e. The third kappa shape index (κ3) is 4.76. The van der Waals surface area contributed by atoms with Crippen LogP contribution in [-0.4, -0.2) is 32.3 Å². The molecule has 3 aromatic carbocycles. The Kier molecular flexibility index (Phi) is 6.09. The molecule has 1 aliphatic heterocycles. The third-order valence-corrected chi connectivity index (χ3v) is 6.21. The van der Waals surface area contributed by atoms with E-state index in [1.807, 2.05) is 17.1 Å². The Morgan fingerprint density at radius 3 is 2.61 bits per heavy atom. The summed E-state index contributed by atoms with van der Waals surface area (Å²) in [4.78, 5) is 8.89. The van der Waals surface area contributed by atoms with Gasteiger partial charge in [-0.3, -0.25) is 9.97 Å². The van der Waals surface area contributed by atoms with E-state index in [0.29, 0.717) is 5.11 Å². The SMILES string of the molecule is Cc1cccc(C2=NN(C(=S)NCCc3ccccc3)[C@@H](c3ccc4nccnc4c3)C2)c1. The highest BCUT2D eigenvalue weighted by atomic mass is 32.1. The Bertz CT molecular complexity index is 1320. The van der Waals surface area contributed by atoms with Gasteiger partial charge >= 0.3 is 0 Å². The van der Waals surface area contributed by atoms with Crippen LogP contribution in [0.15, 0.2) is 90.3 Å². The Morgan fingerprint density at radius 1 is 0.970 bits per heavy atom. The van der Waals surface area contributed by atoms with E-state index in [0.717, 1.165) is 47.3 Å². The Balaban J connectivity index is 1.41. The molecule has 1 atom stereocenters. The van der Waals surface area contributed by atoms with Gasteiger partial charge in [-0.15, -0.1) is 0 Å². The first kappa shape index (κ1) is 21.2. The molecule has 0 bridgehead atoms. The van der Waals surface area contributed by atoms with Gasteiger partial charge in [-0.05, 0) is 54.4 Å². The topological polar surface area (TPSA) is 53.4 Å². The highest BCUT2D eigenvalue weighted by molar-refractivity contribution is 7.80. The molecule has 1 aromatic heterocycles. The van der Waals surface area contributed by atoms with E-state index in [-0.39, 0.29) is 6.04 Å². The molecule has 0 spiro atoms. The Hall–Kier alpha value is -3.64. The fourth-order valence-corrected chi connectivity index (χ4v) is 4.45. The minimum absolute atomic E-state index is 0.00337. The molecule has 0 amide bonds. The van der Waals surface area contributed by atoms with Crippen LogP contribution >= 0.6 is 12.2 Å². The first-order valence-electron chi connectivity index (χ1n) is 11.1. The lowest BCUT2D eigenvalue weighted by Gasteiger charge is -2.25. The lowest BCUT2D eigenvalue weighted by atomic mass is 9.97. The van der Waals surface area contributed by atoms with Crippen molar-refractivity contribution < 1.29 is 0 Å². The van der Waals surface area contributed by atoms with Gasteiger partial charge in [0.05, 0.1) is 22.8 Å². The number of nitrogens with zero attached hydrogens (tertiary/aromatic N) is 4. The highest BCUT2D eigenvalue weighted by Gasteiger charge is 2.31. The molecule has 1 N–H and O–H groups in total. The molecule has 0 aliphatic carbocycles. The largest absolute Gasteiger partial charge is 0.361 e. The zero-order valence-corrected chi connectivity index (χ0v) is 19.3. The first-order valence-corrected chi connectivity index (χ1v) is 11.5. The van der Waals surface area contributed by atoms with Crippen LogP contribution in [0.25, 0.3) is 11.0 Å². The van der Waals surface area contributed by atoms with E-state index < -0.39 is 0 Å². The molecule has 0 saturated carbocycles. The molecule has 1 aliphatic rings. The van der Waals surface area contributed by atoms with E-state index in [4.69, 9.17) is 17.3 Å². The summed E-state index contributed by atoms with van der Waals surface area (Å²) in [5.74, 6) is 0. The number of hydrogen-bond donors (Lipinski definition) is 1. The van der Waals surface area contributed by atoms with Crippen LogP contribution in [0.2, 0.25) is 0 Å². The number of hydrazone groups is 1. The van der Waals surface area contributed by atoms with Gasteiger partial charge in [0, 0.05) is 25.4 Å². The first-order chi connectivity index (χ1) is 16.2. The zero-order chi connectivity index (χ0) is 22.6. The predicted octanol–water partition coefficient (Wildman–Crippen LogP) is 5.21. The van der Waals surface area contributed by atoms with Crippen LogP contribution in [0.5, 0.6) is 0 Å². The van der Waals surface area contributed by atoms with Crippen molar-refractivity contribution in [1.82, 2.24) is 20.3 Å². The minimum atomic E-state index is 0.00337. The molecule has 0 unspecified atom stereocenters. The maximum absolute atomic E-state index is 5.81. The maximum atomic E-state index is 5.81. The van der Waals surface area contributed by atoms with Crippen molar-refractivity contribution in [3.05, 3.63) is 107 Å². The second-order valence-corrected chi connectivity index (χ2v) is 8.64. The Labute approximate surface area is 199 Å². The summed E-state index contributed by atoms with van der Waals surface area (Å²) in [6.07, 6.45) is 5.12. The van der Waals surface area contributed by atoms with Gasteiger partial charge in [0.1, 0.15) is 0 Å². The van der Waals surface area contributed by atoms with E-state index in [1.165, 1.54) is 11.1 Å².